The van der Waals surface area contributed by atoms with Crippen molar-refractivity contribution in [2.75, 3.05) is 19.7 Å². The number of alkyl halides is 3. The number of hydrogen-bond donors (Lipinski definition) is 0. The number of carbonyl (C=O) groups is 1. The van der Waals surface area contributed by atoms with Gasteiger partial charge in [0.05, 0.1) is 18.6 Å². The maximum absolute atomic E-state index is 12.4. The topological polar surface area (TPSA) is 82.4 Å². The second kappa shape index (κ2) is 9.70. The van der Waals surface area contributed by atoms with Gasteiger partial charge in [-0.1, -0.05) is 42.5 Å². The molecule has 34 heavy (non-hydrogen) atoms. The van der Waals surface area contributed by atoms with Crippen LogP contribution in [0, 0.1) is 0 Å². The summed E-state index contributed by atoms with van der Waals surface area (Å²) >= 11 is 0. The zero-order valence-electron chi connectivity index (χ0n) is 18.5. The van der Waals surface area contributed by atoms with Crippen molar-refractivity contribution in [1.82, 2.24) is 25.1 Å². The maximum atomic E-state index is 12.4. The van der Waals surface area contributed by atoms with Gasteiger partial charge in [0, 0.05) is 13.1 Å². The van der Waals surface area contributed by atoms with Crippen molar-refractivity contribution in [3.63, 3.8) is 0 Å². The van der Waals surface area contributed by atoms with E-state index in [4.69, 9.17) is 4.74 Å². The molecular weight excluding hydrogens is 451 g/mol. The van der Waals surface area contributed by atoms with E-state index in [1.54, 1.807) is 11.8 Å². The van der Waals surface area contributed by atoms with Gasteiger partial charge in [0.15, 0.2) is 5.82 Å². The van der Waals surface area contributed by atoms with Crippen LogP contribution in [0.25, 0.3) is 0 Å². The van der Waals surface area contributed by atoms with Gasteiger partial charge in [-0.3, -0.25) is 0 Å². The zero-order chi connectivity index (χ0) is 24.2. The largest absolute Gasteiger partial charge is 0.573 e. The van der Waals surface area contributed by atoms with Gasteiger partial charge < -0.3 is 14.4 Å². The summed E-state index contributed by atoms with van der Waals surface area (Å²) in [6.07, 6.45) is -3.87. The predicted molar refractivity (Wildman–Crippen MR) is 115 cm³/mol. The Kier molecular flexibility index (Phi) is 6.71. The van der Waals surface area contributed by atoms with Crippen LogP contribution in [0.2, 0.25) is 0 Å². The minimum Gasteiger partial charge on any atom is -0.450 e. The number of amides is 1. The summed E-state index contributed by atoms with van der Waals surface area (Å²) in [5.41, 5.74) is 1.21. The highest BCUT2D eigenvalue weighted by molar-refractivity contribution is 5.67. The third-order valence-electron chi connectivity index (χ3n) is 5.83. The van der Waals surface area contributed by atoms with Crippen LogP contribution in [-0.2, 0) is 16.7 Å². The number of likely N-dealkylation sites (tertiary alicyclic amines) is 1. The maximum Gasteiger partial charge on any atom is 0.573 e. The fourth-order valence-electron chi connectivity index (χ4n) is 4.15. The van der Waals surface area contributed by atoms with Gasteiger partial charge in [-0.25, -0.2) is 4.79 Å². The molecule has 0 N–H and O–H groups in total. The van der Waals surface area contributed by atoms with Gasteiger partial charge in [0.2, 0.25) is 0 Å². The molecule has 1 fully saturated rings. The van der Waals surface area contributed by atoms with Gasteiger partial charge >= 0.3 is 12.5 Å². The number of hydrogen-bond acceptors (Lipinski definition) is 6. The summed E-state index contributed by atoms with van der Waals surface area (Å²) in [6.45, 7) is 3.30. The van der Waals surface area contributed by atoms with E-state index in [0.29, 0.717) is 43.9 Å². The molecule has 0 radical (unpaired) electrons. The number of halogens is 3. The highest BCUT2D eigenvalue weighted by atomic mass is 19.4. The lowest BCUT2D eigenvalue weighted by atomic mass is 9.72. The molecule has 2 aromatic carbocycles. The highest BCUT2D eigenvalue weighted by Gasteiger charge is 2.43. The molecular formula is C23H24F3N5O3. The lowest BCUT2D eigenvalue weighted by Crippen LogP contribution is -2.46. The van der Waals surface area contributed by atoms with Crippen LogP contribution in [0.3, 0.4) is 0 Å². The Morgan fingerprint density at radius 1 is 1.06 bits per heavy atom. The van der Waals surface area contributed by atoms with Gasteiger partial charge in [-0.05, 0) is 48.2 Å². The minimum absolute atomic E-state index is 0.235. The van der Waals surface area contributed by atoms with E-state index < -0.39 is 11.8 Å². The van der Waals surface area contributed by atoms with Crippen molar-refractivity contribution in [3.8, 4) is 5.75 Å². The Labute approximate surface area is 194 Å². The van der Waals surface area contributed by atoms with Gasteiger partial charge in [0.1, 0.15) is 5.75 Å². The van der Waals surface area contributed by atoms with Crippen molar-refractivity contribution >= 4 is 6.09 Å². The van der Waals surface area contributed by atoms with Crippen LogP contribution in [0.4, 0.5) is 18.0 Å². The Bertz CT molecular complexity index is 1100. The Morgan fingerprint density at radius 2 is 1.74 bits per heavy atom. The molecule has 2 heterocycles. The SMILES string of the molecule is CCOC(=O)N1CCC(c2ccccc2)(c2nnn(Cc3ccc(OC(F)(F)F)cc3)n2)CC1. The zero-order valence-corrected chi connectivity index (χ0v) is 18.5. The lowest BCUT2D eigenvalue weighted by molar-refractivity contribution is -0.274. The standard InChI is InChI=1S/C23H24F3N5O3/c1-2-33-21(32)30-14-12-22(13-15-30,18-6-4-3-5-7-18)20-27-29-31(28-20)16-17-8-10-19(11-9-17)34-23(24,25)26/h3-11H,2,12-16H2,1H3. The molecule has 0 saturated carbocycles. The molecule has 1 aliphatic heterocycles. The Balaban J connectivity index is 1.53. The number of piperidine rings is 1. The third-order valence-corrected chi connectivity index (χ3v) is 5.83. The van der Waals surface area contributed by atoms with Crippen LogP contribution in [-0.4, -0.2) is 57.3 Å². The fraction of sp³-hybridized carbons (Fsp3) is 0.391. The van der Waals surface area contributed by atoms with E-state index >= 15 is 0 Å². The van der Waals surface area contributed by atoms with Crippen molar-refractivity contribution < 1.29 is 27.4 Å². The van der Waals surface area contributed by atoms with Crippen molar-refractivity contribution in [2.45, 2.75) is 38.1 Å². The summed E-state index contributed by atoms with van der Waals surface area (Å²) < 4.78 is 46.1. The molecule has 1 amide bonds. The molecule has 11 heteroatoms. The monoisotopic (exact) mass is 475 g/mol. The fourth-order valence-corrected chi connectivity index (χ4v) is 4.15. The first kappa shape index (κ1) is 23.5. The smallest absolute Gasteiger partial charge is 0.450 e. The Morgan fingerprint density at radius 3 is 2.35 bits per heavy atom. The average Bonchev–Trinajstić information content (AvgIpc) is 3.29. The molecule has 1 aliphatic rings. The predicted octanol–water partition coefficient (Wildman–Crippen LogP) is 4.16. The van der Waals surface area contributed by atoms with E-state index in [1.807, 2.05) is 30.3 Å². The number of tetrazole rings is 1. The molecule has 8 nitrogen and oxygen atoms in total. The highest BCUT2D eigenvalue weighted by Crippen LogP contribution is 2.40. The second-order valence-corrected chi connectivity index (χ2v) is 7.97. The van der Waals surface area contributed by atoms with E-state index in [-0.39, 0.29) is 18.4 Å². The molecule has 1 saturated heterocycles. The average molecular weight is 475 g/mol. The van der Waals surface area contributed by atoms with Crippen LogP contribution < -0.4 is 4.74 Å². The van der Waals surface area contributed by atoms with Gasteiger partial charge in [-0.2, -0.15) is 4.80 Å². The molecule has 0 spiro atoms. The molecule has 0 aliphatic carbocycles. The first-order valence-electron chi connectivity index (χ1n) is 10.9. The number of rotatable bonds is 6. The molecule has 0 unspecified atom stereocenters. The van der Waals surface area contributed by atoms with Crippen molar-refractivity contribution in [2.24, 2.45) is 0 Å². The van der Waals surface area contributed by atoms with Gasteiger partial charge in [-0.15, -0.1) is 23.4 Å². The summed E-state index contributed by atoms with van der Waals surface area (Å²) in [7, 11) is 0. The van der Waals surface area contributed by atoms with Crippen LogP contribution in [0.15, 0.2) is 54.6 Å². The molecule has 0 bridgehead atoms. The summed E-state index contributed by atoms with van der Waals surface area (Å²) in [4.78, 5) is 15.3. The number of carbonyl (C=O) groups excluding carboxylic acids is 1. The van der Waals surface area contributed by atoms with Gasteiger partial charge in [0.25, 0.3) is 0 Å². The number of nitrogens with zero attached hydrogens (tertiary/aromatic N) is 5. The van der Waals surface area contributed by atoms with Crippen molar-refractivity contribution in [1.29, 1.82) is 0 Å². The third kappa shape index (κ3) is 5.29. The minimum atomic E-state index is -4.74. The van der Waals surface area contributed by atoms with E-state index in [2.05, 4.69) is 20.1 Å². The number of aromatic nitrogens is 4. The number of ether oxygens (including phenoxy) is 2. The van der Waals surface area contributed by atoms with Crippen LogP contribution in [0.5, 0.6) is 5.75 Å². The molecule has 180 valence electrons. The van der Waals surface area contributed by atoms with Crippen molar-refractivity contribution in [3.05, 3.63) is 71.5 Å². The Hall–Kier alpha value is -3.63. The second-order valence-electron chi connectivity index (χ2n) is 7.97. The van der Waals surface area contributed by atoms with E-state index in [0.717, 1.165) is 5.56 Å². The lowest BCUT2D eigenvalue weighted by Gasteiger charge is -2.39. The normalized spacial score (nSPS) is 15.7. The first-order chi connectivity index (χ1) is 16.3. The number of benzene rings is 2. The molecule has 0 atom stereocenters. The molecule has 4 rings (SSSR count). The first-order valence-corrected chi connectivity index (χ1v) is 10.9. The quantitative estimate of drug-likeness (QED) is 0.533. The summed E-state index contributed by atoms with van der Waals surface area (Å²) in [5.74, 6) is 0.249. The van der Waals surface area contributed by atoms with E-state index in [9.17, 15) is 18.0 Å². The van der Waals surface area contributed by atoms with Crippen LogP contribution >= 0.6 is 0 Å². The summed E-state index contributed by atoms with van der Waals surface area (Å²) in [5, 5.41) is 13.1. The summed E-state index contributed by atoms with van der Waals surface area (Å²) in [6, 6.07) is 15.4. The molecule has 3 aromatic rings. The van der Waals surface area contributed by atoms with Crippen LogP contribution in [0.1, 0.15) is 36.7 Å². The molecule has 1 aromatic heterocycles. The van der Waals surface area contributed by atoms with E-state index in [1.165, 1.54) is 29.1 Å².